The minimum absolute atomic E-state index is 0.0304. The van der Waals surface area contributed by atoms with Crippen molar-refractivity contribution in [1.82, 2.24) is 0 Å². The van der Waals surface area contributed by atoms with Crippen LogP contribution in [0.5, 0.6) is 0 Å². The molecule has 4 aromatic rings. The lowest BCUT2D eigenvalue weighted by molar-refractivity contribution is -0.662. The molecule has 0 N–H and O–H groups in total. The summed E-state index contributed by atoms with van der Waals surface area (Å²) in [6.45, 7) is 11.9. The van der Waals surface area contributed by atoms with Crippen LogP contribution in [0.25, 0.3) is 38.0 Å². The lowest BCUT2D eigenvalue weighted by Crippen LogP contribution is -2.32. The number of aromatic nitrogens is 1. The first kappa shape index (κ1) is 14.7. The summed E-state index contributed by atoms with van der Waals surface area (Å²) >= 11 is 0. The molecule has 0 aliphatic heterocycles. The van der Waals surface area contributed by atoms with Crippen molar-refractivity contribution < 1.29 is 20.2 Å². The third-order valence-corrected chi connectivity index (χ3v) is 5.05. The second-order valence-electron chi connectivity index (χ2n) is 8.62. The van der Waals surface area contributed by atoms with Crippen LogP contribution in [0.4, 0.5) is 10.1 Å². The topological polar surface area (TPSA) is 21.4 Å². The molecule has 0 spiro atoms. The number of rotatable bonds is 2. The van der Waals surface area contributed by atoms with Gasteiger partial charge in [0.25, 0.3) is 0 Å². The van der Waals surface area contributed by atoms with E-state index in [4.69, 9.17) is 17.8 Å². The van der Waals surface area contributed by atoms with Crippen molar-refractivity contribution in [2.24, 2.45) is 12.5 Å². The van der Waals surface area contributed by atoms with E-state index in [0.717, 1.165) is 5.56 Å². The molecular weight excluding hydrogens is 375 g/mol. The molecule has 0 amide bonds. The van der Waals surface area contributed by atoms with Crippen LogP contribution >= 0.6 is 0 Å². The molecule has 2 heterocycles. The molecule has 4 rings (SSSR count). The first-order valence-corrected chi connectivity index (χ1v) is 9.65. The minimum Gasteiger partial charge on any atom is -0.456 e. The van der Waals surface area contributed by atoms with Crippen LogP contribution in [0.3, 0.4) is 0 Å². The van der Waals surface area contributed by atoms with Gasteiger partial charge in [0.2, 0.25) is 11.9 Å². The second-order valence-corrected chi connectivity index (χ2v) is 8.62. The third kappa shape index (κ3) is 3.35. The molecule has 0 unspecified atom stereocenters. The number of furan rings is 1. The minimum atomic E-state index is -2.46. The molecule has 0 bridgehead atoms. The highest BCUT2D eigenvalue weighted by Crippen LogP contribution is 2.40. The Morgan fingerprint density at radius 1 is 1.23 bits per heavy atom. The van der Waals surface area contributed by atoms with Gasteiger partial charge in [-0.15, -0.1) is 0 Å². The van der Waals surface area contributed by atoms with Crippen molar-refractivity contribution in [1.29, 1.82) is 0 Å². The Bertz CT molecular complexity index is 1540. The standard InChI is InChI=1S/C26H26FN2O/c1-15-8-9-19-23-16(2)10-18(28-6)12-22(23)30-25(19)24(15)21-11-17(13-26(3,4)5)20(27)14-29(21)7/h8-12,14H,13H2,1-5,7H3/q+1/i2D3,13D2. The van der Waals surface area contributed by atoms with E-state index in [1.54, 1.807) is 38.5 Å². The summed E-state index contributed by atoms with van der Waals surface area (Å²) < 4.78 is 64.1. The Kier molecular flexibility index (Phi) is 3.41. The number of aryl methyl sites for hydroxylation is 3. The van der Waals surface area contributed by atoms with Gasteiger partial charge >= 0.3 is 0 Å². The number of halogens is 1. The van der Waals surface area contributed by atoms with Gasteiger partial charge in [0, 0.05) is 29.3 Å². The first-order valence-electron chi connectivity index (χ1n) is 12.2. The summed E-state index contributed by atoms with van der Waals surface area (Å²) in [7, 11) is 1.67. The quantitative estimate of drug-likeness (QED) is 0.260. The van der Waals surface area contributed by atoms with E-state index < -0.39 is 24.5 Å². The van der Waals surface area contributed by atoms with E-state index in [2.05, 4.69) is 4.85 Å². The van der Waals surface area contributed by atoms with Crippen LogP contribution in [0.1, 0.15) is 44.3 Å². The van der Waals surface area contributed by atoms with Gasteiger partial charge in [-0.3, -0.25) is 0 Å². The van der Waals surface area contributed by atoms with Crippen molar-refractivity contribution in [3.63, 3.8) is 0 Å². The number of hydrogen-bond acceptors (Lipinski definition) is 1. The molecule has 0 saturated carbocycles. The maximum atomic E-state index is 15.0. The van der Waals surface area contributed by atoms with Gasteiger partial charge in [-0.2, -0.15) is 4.57 Å². The van der Waals surface area contributed by atoms with Crippen molar-refractivity contribution in [2.75, 3.05) is 0 Å². The molecule has 0 atom stereocenters. The molecule has 152 valence electrons. The summed E-state index contributed by atoms with van der Waals surface area (Å²) in [6.07, 6.45) is -0.713. The summed E-state index contributed by atoms with van der Waals surface area (Å²) in [4.78, 5) is 3.40. The maximum Gasteiger partial charge on any atom is 0.216 e. The normalized spacial score (nSPS) is 15.3. The van der Waals surface area contributed by atoms with Gasteiger partial charge in [0.05, 0.1) is 12.1 Å². The van der Waals surface area contributed by atoms with Crippen LogP contribution in [-0.2, 0) is 13.4 Å². The lowest BCUT2D eigenvalue weighted by Gasteiger charge is -2.18. The average molecular weight is 407 g/mol. The number of fused-ring (bicyclic) bond motifs is 3. The van der Waals surface area contributed by atoms with Crippen LogP contribution < -0.4 is 4.57 Å². The molecule has 0 fully saturated rings. The highest BCUT2D eigenvalue weighted by atomic mass is 19.1. The van der Waals surface area contributed by atoms with E-state index in [-0.39, 0.29) is 22.4 Å². The van der Waals surface area contributed by atoms with E-state index >= 15 is 4.39 Å². The Morgan fingerprint density at radius 2 is 2.00 bits per heavy atom. The Hall–Kier alpha value is -3.19. The van der Waals surface area contributed by atoms with Gasteiger partial charge < -0.3 is 4.42 Å². The molecule has 2 aromatic carbocycles. The fourth-order valence-corrected chi connectivity index (χ4v) is 3.80. The summed E-state index contributed by atoms with van der Waals surface area (Å²) in [5.74, 6) is -0.656. The Morgan fingerprint density at radius 3 is 2.67 bits per heavy atom. The Labute approximate surface area is 183 Å². The van der Waals surface area contributed by atoms with Gasteiger partial charge in [-0.1, -0.05) is 39.0 Å². The van der Waals surface area contributed by atoms with Gasteiger partial charge in [-0.25, -0.2) is 9.24 Å². The highest BCUT2D eigenvalue weighted by molar-refractivity contribution is 6.11. The van der Waals surface area contributed by atoms with Crippen molar-refractivity contribution >= 4 is 27.6 Å². The Balaban J connectivity index is 2.13. The number of hydrogen-bond donors (Lipinski definition) is 0. The zero-order valence-corrected chi connectivity index (χ0v) is 17.6. The molecule has 0 saturated heterocycles. The molecule has 0 aliphatic carbocycles. The fraction of sp³-hybridized carbons (Fsp3) is 0.308. The molecule has 2 aromatic heterocycles. The predicted octanol–water partition coefficient (Wildman–Crippen LogP) is 6.97. The van der Waals surface area contributed by atoms with E-state index in [9.17, 15) is 0 Å². The predicted molar refractivity (Wildman–Crippen MR) is 119 cm³/mol. The van der Waals surface area contributed by atoms with Crippen molar-refractivity contribution in [3.05, 3.63) is 70.5 Å². The zero-order valence-electron chi connectivity index (χ0n) is 22.6. The fourth-order valence-electron chi connectivity index (χ4n) is 3.80. The largest absolute Gasteiger partial charge is 0.456 e. The molecule has 0 aliphatic rings. The van der Waals surface area contributed by atoms with Crippen LogP contribution in [0.2, 0.25) is 0 Å². The van der Waals surface area contributed by atoms with Gasteiger partial charge in [0.1, 0.15) is 18.2 Å². The molecule has 0 radical (unpaired) electrons. The number of nitrogens with zero attached hydrogens (tertiary/aromatic N) is 2. The zero-order chi connectivity index (χ0) is 26.1. The van der Waals surface area contributed by atoms with Crippen LogP contribution in [0, 0.1) is 31.6 Å². The molecule has 30 heavy (non-hydrogen) atoms. The smallest absolute Gasteiger partial charge is 0.216 e. The van der Waals surface area contributed by atoms with Crippen LogP contribution in [-0.4, -0.2) is 0 Å². The number of benzene rings is 2. The third-order valence-electron chi connectivity index (χ3n) is 5.05. The van der Waals surface area contributed by atoms with Gasteiger partial charge in [0.15, 0.2) is 11.5 Å². The monoisotopic (exact) mass is 406 g/mol. The molecule has 3 nitrogen and oxygen atoms in total. The molecular formula is C26H26FN2O+. The van der Waals surface area contributed by atoms with Crippen LogP contribution in [0.15, 0.2) is 40.9 Å². The summed E-state index contributed by atoms with van der Waals surface area (Å²) in [5.41, 5.74) is 1.86. The van der Waals surface area contributed by atoms with Crippen molar-refractivity contribution in [2.45, 2.75) is 40.9 Å². The highest BCUT2D eigenvalue weighted by Gasteiger charge is 2.25. The first-order chi connectivity index (χ1) is 16.1. The maximum absolute atomic E-state index is 15.0. The van der Waals surface area contributed by atoms with E-state index in [1.807, 2.05) is 13.0 Å². The van der Waals surface area contributed by atoms with Gasteiger partial charge in [-0.05, 0) is 42.8 Å². The summed E-state index contributed by atoms with van der Waals surface area (Å²) in [6, 6.07) is 8.01. The second kappa shape index (κ2) is 6.95. The van der Waals surface area contributed by atoms with Crippen molar-refractivity contribution in [3.8, 4) is 11.3 Å². The average Bonchev–Trinajstić information content (AvgIpc) is 3.10. The molecule has 4 heteroatoms. The number of pyridine rings is 1. The lowest BCUT2D eigenvalue weighted by atomic mass is 9.87. The van der Waals surface area contributed by atoms with E-state index in [1.165, 1.54) is 24.4 Å². The summed E-state index contributed by atoms with van der Waals surface area (Å²) in [5, 5.41) is 0.969. The SMILES string of the molecule is [2H]C([2H])([2H])c1cc([N+]#[C-])cc2oc3c(-c4cc(C([2H])([2H])C(C)(C)C)c(F)c[n+]4C)c(C)ccc3c12. The van der Waals surface area contributed by atoms with E-state index in [0.29, 0.717) is 27.6 Å².